The summed E-state index contributed by atoms with van der Waals surface area (Å²) in [5.41, 5.74) is 1.86. The highest BCUT2D eigenvalue weighted by molar-refractivity contribution is 6.31. The summed E-state index contributed by atoms with van der Waals surface area (Å²) < 4.78 is 20.2. The van der Waals surface area contributed by atoms with Gasteiger partial charge in [0.1, 0.15) is 11.6 Å². The van der Waals surface area contributed by atoms with Crippen LogP contribution in [0.15, 0.2) is 35.1 Å². The van der Waals surface area contributed by atoms with Crippen LogP contribution in [0.3, 0.4) is 0 Å². The Morgan fingerprint density at radius 2 is 1.97 bits per heavy atom. The lowest BCUT2D eigenvalue weighted by atomic mass is 10.1. The van der Waals surface area contributed by atoms with Crippen molar-refractivity contribution >= 4 is 29.1 Å². The van der Waals surface area contributed by atoms with Crippen molar-refractivity contribution in [1.29, 1.82) is 0 Å². The van der Waals surface area contributed by atoms with E-state index in [9.17, 15) is 9.18 Å². The molecular weight excluding hydrogens is 432 g/mol. The Morgan fingerprint density at radius 3 is 2.63 bits per heavy atom. The molecule has 0 atom stereocenters. The van der Waals surface area contributed by atoms with Crippen LogP contribution in [0.5, 0.6) is 0 Å². The summed E-state index contributed by atoms with van der Waals surface area (Å²) in [6.07, 6.45) is 3.22. The van der Waals surface area contributed by atoms with Crippen LogP contribution in [0.2, 0.25) is 10.0 Å². The third-order valence-electron chi connectivity index (χ3n) is 5.18. The first-order chi connectivity index (χ1) is 14.4. The summed E-state index contributed by atoms with van der Waals surface area (Å²) in [7, 11) is 0. The Morgan fingerprint density at radius 1 is 1.20 bits per heavy atom. The molecule has 0 N–H and O–H groups in total. The average Bonchev–Trinajstić information content (AvgIpc) is 3.30. The van der Waals surface area contributed by atoms with E-state index < -0.39 is 0 Å². The molecule has 3 heterocycles. The topological polar surface area (TPSA) is 67.4 Å². The molecule has 1 fully saturated rings. The number of hydrogen-bond donors (Lipinski definition) is 0. The fraction of sp³-hybridized carbons (Fsp3) is 0.350. The van der Waals surface area contributed by atoms with Crippen LogP contribution in [-0.2, 0) is 13.1 Å². The van der Waals surface area contributed by atoms with E-state index >= 15 is 0 Å². The number of aryl methyl sites for hydroxylation is 1. The highest BCUT2D eigenvalue weighted by Crippen LogP contribution is 2.21. The number of carbonyl (C=O) groups is 1. The molecule has 1 saturated heterocycles. The van der Waals surface area contributed by atoms with Gasteiger partial charge in [-0.2, -0.15) is 5.10 Å². The predicted octanol–water partition coefficient (Wildman–Crippen LogP) is 3.63. The summed E-state index contributed by atoms with van der Waals surface area (Å²) in [5.74, 6) is 0.0596. The third-order valence-corrected chi connectivity index (χ3v) is 5.72. The molecule has 0 spiro atoms. The zero-order chi connectivity index (χ0) is 21.3. The van der Waals surface area contributed by atoms with Crippen molar-refractivity contribution in [3.05, 3.63) is 69.0 Å². The zero-order valence-corrected chi connectivity index (χ0v) is 17.8. The van der Waals surface area contributed by atoms with Gasteiger partial charge >= 0.3 is 0 Å². The molecule has 0 bridgehead atoms. The lowest BCUT2D eigenvalue weighted by molar-refractivity contribution is 0.0617. The number of carbonyl (C=O) groups excluding carboxylic acids is 1. The Hall–Kier alpha value is -2.42. The molecule has 2 aromatic heterocycles. The van der Waals surface area contributed by atoms with Crippen LogP contribution < -0.4 is 0 Å². The van der Waals surface area contributed by atoms with Crippen LogP contribution in [0, 0.1) is 12.7 Å². The molecule has 0 aliphatic carbocycles. The van der Waals surface area contributed by atoms with E-state index in [-0.39, 0.29) is 11.7 Å². The first-order valence-electron chi connectivity index (χ1n) is 9.49. The molecule has 1 aliphatic heterocycles. The first kappa shape index (κ1) is 20.8. The normalized spacial score (nSPS) is 15.0. The van der Waals surface area contributed by atoms with E-state index in [0.29, 0.717) is 66.3 Å². The van der Waals surface area contributed by atoms with Gasteiger partial charge < -0.3 is 9.42 Å². The molecule has 30 heavy (non-hydrogen) atoms. The fourth-order valence-electron chi connectivity index (χ4n) is 3.48. The second kappa shape index (κ2) is 8.75. The molecule has 0 saturated carbocycles. The van der Waals surface area contributed by atoms with Gasteiger partial charge in [0.25, 0.3) is 5.91 Å². The number of hydrogen-bond acceptors (Lipinski definition) is 5. The molecule has 7 nitrogen and oxygen atoms in total. The molecule has 0 radical (unpaired) electrons. The van der Waals surface area contributed by atoms with Gasteiger partial charge in [-0.3, -0.25) is 14.4 Å². The summed E-state index contributed by atoms with van der Waals surface area (Å²) in [6, 6.07) is 4.42. The van der Waals surface area contributed by atoms with E-state index in [1.165, 1.54) is 12.1 Å². The molecule has 1 aromatic carbocycles. The molecule has 1 amide bonds. The monoisotopic (exact) mass is 451 g/mol. The molecule has 10 heteroatoms. The summed E-state index contributed by atoms with van der Waals surface area (Å²) >= 11 is 12.1. The van der Waals surface area contributed by atoms with Crippen molar-refractivity contribution < 1.29 is 13.7 Å². The van der Waals surface area contributed by atoms with Gasteiger partial charge in [-0.25, -0.2) is 4.39 Å². The largest absolute Gasteiger partial charge is 0.361 e. The smallest absolute Gasteiger partial charge is 0.276 e. The van der Waals surface area contributed by atoms with Crippen molar-refractivity contribution in [3.63, 3.8) is 0 Å². The minimum absolute atomic E-state index is 0.167. The highest BCUT2D eigenvalue weighted by Gasteiger charge is 2.28. The Labute approximate surface area is 182 Å². The zero-order valence-electron chi connectivity index (χ0n) is 16.3. The van der Waals surface area contributed by atoms with Crippen LogP contribution in [0.4, 0.5) is 4.39 Å². The lowest BCUT2D eigenvalue weighted by Gasteiger charge is -2.34. The van der Waals surface area contributed by atoms with E-state index in [2.05, 4.69) is 15.2 Å². The number of rotatable bonds is 5. The summed E-state index contributed by atoms with van der Waals surface area (Å²) in [4.78, 5) is 17.0. The Bertz CT molecular complexity index is 1060. The summed E-state index contributed by atoms with van der Waals surface area (Å²) in [6.45, 7) is 5.20. The van der Waals surface area contributed by atoms with Crippen molar-refractivity contribution in [2.75, 3.05) is 26.2 Å². The van der Waals surface area contributed by atoms with Crippen LogP contribution in [0.25, 0.3) is 0 Å². The van der Waals surface area contributed by atoms with Gasteiger partial charge in [-0.05, 0) is 24.6 Å². The van der Waals surface area contributed by atoms with Crippen LogP contribution in [-0.4, -0.2) is 56.8 Å². The van der Waals surface area contributed by atoms with E-state index in [4.69, 9.17) is 27.7 Å². The molecule has 1 aliphatic rings. The van der Waals surface area contributed by atoms with Crippen molar-refractivity contribution in [1.82, 2.24) is 24.7 Å². The number of aromatic nitrogens is 3. The third kappa shape index (κ3) is 4.50. The molecule has 3 aromatic rings. The number of benzene rings is 1. The van der Waals surface area contributed by atoms with Crippen molar-refractivity contribution in [3.8, 4) is 0 Å². The van der Waals surface area contributed by atoms with Gasteiger partial charge in [-0.1, -0.05) is 34.4 Å². The standard InChI is InChI=1S/C20H20Cl2FN5O2/c1-13-17(12-28-11-15(21)9-24-28)19(25-30-13)20(29)27-6-4-26(5-7-27)10-14-2-3-16(23)8-18(14)22/h2-3,8-9,11H,4-7,10,12H2,1H3. The van der Waals surface area contributed by atoms with Crippen LogP contribution >= 0.6 is 23.2 Å². The maximum atomic E-state index is 13.2. The SMILES string of the molecule is Cc1onc(C(=O)N2CCN(Cc3ccc(F)cc3Cl)CC2)c1Cn1cc(Cl)cn1. The minimum Gasteiger partial charge on any atom is -0.361 e. The number of nitrogens with zero attached hydrogens (tertiary/aromatic N) is 5. The molecule has 4 rings (SSSR count). The lowest BCUT2D eigenvalue weighted by Crippen LogP contribution is -2.48. The minimum atomic E-state index is -0.352. The van der Waals surface area contributed by atoms with E-state index in [0.717, 1.165) is 5.56 Å². The van der Waals surface area contributed by atoms with Gasteiger partial charge in [0.05, 0.1) is 17.8 Å². The quantitative estimate of drug-likeness (QED) is 0.592. The first-order valence-corrected chi connectivity index (χ1v) is 10.2. The van der Waals surface area contributed by atoms with E-state index in [1.54, 1.807) is 35.0 Å². The van der Waals surface area contributed by atoms with Gasteiger partial charge in [0, 0.05) is 49.5 Å². The number of piperazine rings is 1. The van der Waals surface area contributed by atoms with Gasteiger partial charge in [0.15, 0.2) is 5.69 Å². The van der Waals surface area contributed by atoms with E-state index in [1.807, 2.05) is 0 Å². The van der Waals surface area contributed by atoms with Crippen molar-refractivity contribution in [2.45, 2.75) is 20.0 Å². The van der Waals surface area contributed by atoms with Crippen LogP contribution in [0.1, 0.15) is 27.4 Å². The maximum Gasteiger partial charge on any atom is 0.276 e. The fourth-order valence-corrected chi connectivity index (χ4v) is 3.87. The Kier molecular flexibility index (Phi) is 6.08. The number of halogens is 3. The second-order valence-corrected chi connectivity index (χ2v) is 8.07. The van der Waals surface area contributed by atoms with Gasteiger partial charge in [0.2, 0.25) is 0 Å². The second-order valence-electron chi connectivity index (χ2n) is 7.23. The van der Waals surface area contributed by atoms with Crippen molar-refractivity contribution in [2.24, 2.45) is 0 Å². The maximum absolute atomic E-state index is 13.2. The summed E-state index contributed by atoms with van der Waals surface area (Å²) in [5, 5.41) is 9.08. The Balaban J connectivity index is 1.40. The molecule has 0 unspecified atom stereocenters. The average molecular weight is 452 g/mol. The predicted molar refractivity (Wildman–Crippen MR) is 110 cm³/mol. The number of amides is 1. The highest BCUT2D eigenvalue weighted by atomic mass is 35.5. The molecular formula is C20H20Cl2FN5O2. The van der Waals surface area contributed by atoms with Gasteiger partial charge in [-0.15, -0.1) is 0 Å². The molecule has 158 valence electrons.